The number of aromatic amines is 1. The first-order valence-electron chi connectivity index (χ1n) is 11.6. The minimum Gasteiger partial charge on any atom is -0.299 e. The molecule has 4 rings (SSSR count). The van der Waals surface area contributed by atoms with Crippen molar-refractivity contribution in [3.05, 3.63) is 76.5 Å². The van der Waals surface area contributed by atoms with Crippen molar-refractivity contribution in [1.29, 1.82) is 0 Å². The third-order valence-electron chi connectivity index (χ3n) is 5.94. The van der Waals surface area contributed by atoms with Crippen LogP contribution in [0.3, 0.4) is 0 Å². The van der Waals surface area contributed by atoms with Crippen LogP contribution in [0.4, 0.5) is 0 Å². The van der Waals surface area contributed by atoms with Crippen molar-refractivity contribution < 1.29 is 0 Å². The van der Waals surface area contributed by atoms with E-state index in [1.54, 1.807) is 0 Å². The molecule has 0 bridgehead atoms. The molecule has 0 aliphatic carbocycles. The van der Waals surface area contributed by atoms with Crippen LogP contribution < -0.4 is 5.69 Å². The van der Waals surface area contributed by atoms with E-state index in [-0.39, 0.29) is 11.1 Å². The van der Waals surface area contributed by atoms with Crippen molar-refractivity contribution in [3.63, 3.8) is 0 Å². The smallest absolute Gasteiger partial charge is 0.299 e. The zero-order valence-electron chi connectivity index (χ0n) is 19.9. The minimum atomic E-state index is -0.112. The molecule has 1 N–H and O–H groups in total. The van der Waals surface area contributed by atoms with Gasteiger partial charge >= 0.3 is 5.69 Å². The van der Waals surface area contributed by atoms with Crippen LogP contribution in [0.2, 0.25) is 0 Å². The van der Waals surface area contributed by atoms with E-state index >= 15 is 0 Å². The van der Waals surface area contributed by atoms with Gasteiger partial charge in [0.1, 0.15) is 0 Å². The molecule has 0 saturated carbocycles. The number of aryl methyl sites for hydroxylation is 1. The Bertz CT molecular complexity index is 1240. The zero-order valence-corrected chi connectivity index (χ0v) is 19.9. The van der Waals surface area contributed by atoms with Crippen LogP contribution in [-0.2, 0) is 18.5 Å². The summed E-state index contributed by atoms with van der Waals surface area (Å²) in [6.07, 6.45) is 5.35. The number of nitrogens with one attached hydrogen (secondary N) is 1. The molecule has 2 heterocycles. The Morgan fingerprint density at radius 2 is 1.70 bits per heavy atom. The average molecular weight is 445 g/mol. The number of aromatic nitrogens is 6. The fourth-order valence-corrected chi connectivity index (χ4v) is 4.15. The predicted molar refractivity (Wildman–Crippen MR) is 131 cm³/mol. The van der Waals surface area contributed by atoms with Crippen molar-refractivity contribution in [2.75, 3.05) is 0 Å². The van der Waals surface area contributed by atoms with Crippen LogP contribution in [0.15, 0.2) is 59.5 Å². The molecule has 0 aliphatic heterocycles. The van der Waals surface area contributed by atoms with Crippen LogP contribution >= 0.6 is 0 Å². The van der Waals surface area contributed by atoms with E-state index in [2.05, 4.69) is 78.7 Å². The third-order valence-corrected chi connectivity index (χ3v) is 5.94. The Labute approximate surface area is 194 Å². The summed E-state index contributed by atoms with van der Waals surface area (Å²) < 4.78 is 3.81. The highest BCUT2D eigenvalue weighted by atomic mass is 16.1. The van der Waals surface area contributed by atoms with Gasteiger partial charge in [0.25, 0.3) is 0 Å². The van der Waals surface area contributed by atoms with Gasteiger partial charge in [0.15, 0.2) is 0 Å². The number of imidazole rings is 1. The normalized spacial score (nSPS) is 11.8. The maximum Gasteiger partial charge on any atom is 0.328 e. The Morgan fingerprint density at radius 1 is 0.970 bits per heavy atom. The van der Waals surface area contributed by atoms with E-state index in [0.29, 0.717) is 12.4 Å². The second-order valence-corrected chi connectivity index (χ2v) is 9.51. The molecule has 0 aliphatic rings. The lowest BCUT2D eigenvalue weighted by Crippen LogP contribution is -2.28. The molecule has 0 saturated heterocycles. The van der Waals surface area contributed by atoms with Crippen molar-refractivity contribution in [1.82, 2.24) is 29.8 Å². The lowest BCUT2D eigenvalue weighted by Gasteiger charge is -2.20. The van der Waals surface area contributed by atoms with E-state index in [1.807, 2.05) is 33.5 Å². The van der Waals surface area contributed by atoms with Gasteiger partial charge in [0, 0.05) is 29.4 Å². The first-order chi connectivity index (χ1) is 15.9. The van der Waals surface area contributed by atoms with E-state index in [0.717, 1.165) is 53.8 Å². The van der Waals surface area contributed by atoms with Gasteiger partial charge in [-0.25, -0.2) is 4.79 Å². The molecule has 0 amide bonds. The van der Waals surface area contributed by atoms with E-state index in [1.165, 1.54) is 0 Å². The summed E-state index contributed by atoms with van der Waals surface area (Å²) >= 11 is 0. The summed E-state index contributed by atoms with van der Waals surface area (Å²) in [5, 5.41) is 14.5. The monoisotopic (exact) mass is 444 g/mol. The molecule has 4 aromatic rings. The second kappa shape index (κ2) is 9.57. The summed E-state index contributed by atoms with van der Waals surface area (Å²) in [7, 11) is 0. The molecular weight excluding hydrogens is 412 g/mol. The van der Waals surface area contributed by atoms with Crippen LogP contribution in [0.5, 0.6) is 0 Å². The summed E-state index contributed by atoms with van der Waals surface area (Å²) in [5.74, 6) is 0.570. The molecule has 0 atom stereocenters. The van der Waals surface area contributed by atoms with Gasteiger partial charge in [-0.3, -0.25) is 9.13 Å². The highest BCUT2D eigenvalue weighted by Crippen LogP contribution is 2.30. The lowest BCUT2D eigenvalue weighted by atomic mass is 9.92. The quantitative estimate of drug-likeness (QED) is 0.386. The first kappa shape index (κ1) is 22.7. The van der Waals surface area contributed by atoms with E-state index in [9.17, 15) is 4.79 Å². The van der Waals surface area contributed by atoms with Crippen LogP contribution in [0.25, 0.3) is 22.5 Å². The summed E-state index contributed by atoms with van der Waals surface area (Å²) in [5.41, 5.74) is 5.15. The first-order valence-corrected chi connectivity index (χ1v) is 11.6. The Hall–Kier alpha value is -3.48. The molecule has 2 aromatic carbocycles. The number of tetrazole rings is 1. The molecule has 0 fully saturated rings. The fourth-order valence-electron chi connectivity index (χ4n) is 4.15. The van der Waals surface area contributed by atoms with Gasteiger partial charge in [-0.1, -0.05) is 89.1 Å². The third kappa shape index (κ3) is 4.97. The minimum absolute atomic E-state index is 0.0718. The highest BCUT2D eigenvalue weighted by molar-refractivity contribution is 5.80. The Kier molecular flexibility index (Phi) is 6.58. The van der Waals surface area contributed by atoms with Crippen molar-refractivity contribution >= 4 is 0 Å². The number of benzene rings is 2. The largest absolute Gasteiger partial charge is 0.328 e. The number of H-pyrrole nitrogens is 1. The van der Waals surface area contributed by atoms with E-state index in [4.69, 9.17) is 0 Å². The molecule has 0 unspecified atom stereocenters. The molecule has 7 nitrogen and oxygen atoms in total. The van der Waals surface area contributed by atoms with Crippen LogP contribution in [-0.4, -0.2) is 29.8 Å². The number of hydrogen-bond donors (Lipinski definition) is 1. The topological polar surface area (TPSA) is 81.4 Å². The summed E-state index contributed by atoms with van der Waals surface area (Å²) in [6.45, 7) is 9.98. The summed E-state index contributed by atoms with van der Waals surface area (Å²) in [6, 6.07) is 16.4. The van der Waals surface area contributed by atoms with Crippen LogP contribution in [0, 0.1) is 0 Å². The lowest BCUT2D eigenvalue weighted by molar-refractivity contribution is 0.524. The van der Waals surface area contributed by atoms with Crippen molar-refractivity contribution in [3.8, 4) is 22.5 Å². The maximum absolute atomic E-state index is 13.2. The van der Waals surface area contributed by atoms with Crippen molar-refractivity contribution in [2.45, 2.75) is 65.5 Å². The van der Waals surface area contributed by atoms with Gasteiger partial charge in [-0.05, 0) is 28.3 Å². The SMILES string of the molecule is CCCCCn1cc(C(C)(C)C)n(Cc2ccc(-c3ccccc3-c3nn[nH]n3)cc2)c1=O. The summed E-state index contributed by atoms with van der Waals surface area (Å²) in [4.78, 5) is 13.2. The number of unbranched alkanes of at least 4 members (excludes halogenated alkanes) is 2. The molecular formula is C26H32N6O. The zero-order chi connectivity index (χ0) is 23.4. The molecule has 2 aromatic heterocycles. The van der Waals surface area contributed by atoms with E-state index < -0.39 is 0 Å². The number of nitrogens with zero attached hydrogens (tertiary/aromatic N) is 5. The molecule has 0 spiro atoms. The fraction of sp³-hybridized carbons (Fsp3) is 0.385. The van der Waals surface area contributed by atoms with Crippen molar-refractivity contribution in [2.24, 2.45) is 0 Å². The van der Waals surface area contributed by atoms with Gasteiger partial charge in [0.05, 0.1) is 6.54 Å². The Morgan fingerprint density at radius 3 is 2.33 bits per heavy atom. The second-order valence-electron chi connectivity index (χ2n) is 9.51. The van der Waals surface area contributed by atoms with Gasteiger partial charge in [0.2, 0.25) is 5.82 Å². The predicted octanol–water partition coefficient (Wildman–Crippen LogP) is 5.03. The molecule has 172 valence electrons. The maximum atomic E-state index is 13.2. The molecule has 0 radical (unpaired) electrons. The highest BCUT2D eigenvalue weighted by Gasteiger charge is 2.22. The molecule has 7 heteroatoms. The molecule has 33 heavy (non-hydrogen) atoms. The Balaban J connectivity index is 1.63. The standard InChI is InChI=1S/C26H32N6O/c1-5-6-9-16-31-18-23(26(2,3)4)32(25(31)33)17-19-12-14-20(15-13-19)21-10-7-8-11-22(21)24-27-29-30-28-24/h7-8,10-15,18H,5-6,9,16-17H2,1-4H3,(H,27,28,29,30). The average Bonchev–Trinajstić information content (AvgIpc) is 3.44. The van der Waals surface area contributed by atoms with Crippen LogP contribution in [0.1, 0.15) is 58.2 Å². The van der Waals surface area contributed by atoms with Gasteiger partial charge < -0.3 is 0 Å². The van der Waals surface area contributed by atoms with Gasteiger partial charge in [-0.2, -0.15) is 5.21 Å². The van der Waals surface area contributed by atoms with Gasteiger partial charge in [-0.15, -0.1) is 10.2 Å². The number of rotatable bonds is 8. The number of hydrogen-bond acceptors (Lipinski definition) is 4.